The molecule has 4 aliphatic carbocycles. The minimum absolute atomic E-state index is 0.0148. The van der Waals surface area contributed by atoms with Gasteiger partial charge in [-0.3, -0.25) is 0 Å². The van der Waals surface area contributed by atoms with Crippen LogP contribution in [0.1, 0.15) is 58.8 Å². The molecule has 0 amide bonds. The second kappa shape index (κ2) is 5.82. The Kier molecular flexibility index (Phi) is 3.81. The smallest absolute Gasteiger partial charge is 0.174 e. The lowest BCUT2D eigenvalue weighted by atomic mass is 9.47. The van der Waals surface area contributed by atoms with E-state index >= 15 is 0 Å². The third kappa shape index (κ3) is 2.15. The van der Waals surface area contributed by atoms with E-state index in [1.807, 2.05) is 0 Å². The maximum absolute atomic E-state index is 11.3. The van der Waals surface area contributed by atoms with Gasteiger partial charge < -0.3 is 24.1 Å². The Morgan fingerprint density at radius 2 is 1.54 bits per heavy atom. The molecule has 5 heteroatoms. The summed E-state index contributed by atoms with van der Waals surface area (Å²) in [5, 5.41) is 11.3. The molecule has 4 unspecified atom stereocenters. The predicted octanol–water partition coefficient (Wildman–Crippen LogP) is 3.41. The molecule has 3 saturated carbocycles. The first-order valence-corrected chi connectivity index (χ1v) is 11.4. The van der Waals surface area contributed by atoms with Crippen LogP contribution in [0.2, 0.25) is 0 Å². The molecule has 0 aromatic heterocycles. The van der Waals surface area contributed by atoms with Crippen LogP contribution in [0.5, 0.6) is 0 Å². The van der Waals surface area contributed by atoms with E-state index in [1.54, 1.807) is 0 Å². The summed E-state index contributed by atoms with van der Waals surface area (Å²) in [7, 11) is 0. The maximum Gasteiger partial charge on any atom is 0.174 e. The van der Waals surface area contributed by atoms with Crippen molar-refractivity contribution in [3.8, 4) is 0 Å². The van der Waals surface area contributed by atoms with E-state index in [0.29, 0.717) is 44.2 Å². The van der Waals surface area contributed by atoms with Gasteiger partial charge in [-0.1, -0.05) is 25.5 Å². The first-order valence-electron chi connectivity index (χ1n) is 11.4. The highest BCUT2D eigenvalue weighted by molar-refractivity contribution is 5.29. The van der Waals surface area contributed by atoms with Gasteiger partial charge in [0.15, 0.2) is 11.6 Å². The summed E-state index contributed by atoms with van der Waals surface area (Å²) >= 11 is 0. The number of ether oxygens (including phenoxy) is 4. The molecule has 1 N–H and O–H groups in total. The van der Waals surface area contributed by atoms with Gasteiger partial charge in [0.05, 0.1) is 32.5 Å². The quantitative estimate of drug-likeness (QED) is 0.643. The topological polar surface area (TPSA) is 57.2 Å². The van der Waals surface area contributed by atoms with E-state index in [4.69, 9.17) is 18.9 Å². The van der Waals surface area contributed by atoms with Crippen LogP contribution in [0.25, 0.3) is 0 Å². The van der Waals surface area contributed by atoms with Crippen LogP contribution < -0.4 is 0 Å². The fraction of sp³-hybridized carbons (Fsp3) is 0.913. The standard InChI is InChI=1S/C23H34O5/c1-20-7-8-22(25-9-10-26-22)14-15(20)13-18(24)19-16(20)3-5-21(2)17(19)4-6-23(21)27-11-12-28-23/h13,16-19,24H,3-12,14H2,1-2H3/t16?,17?,18?,19?,20-,21-/m0/s1. The summed E-state index contributed by atoms with van der Waals surface area (Å²) < 4.78 is 24.5. The van der Waals surface area contributed by atoms with Crippen LogP contribution in [0.15, 0.2) is 11.6 Å². The molecule has 0 aromatic carbocycles. The third-order valence-electron chi connectivity index (χ3n) is 9.75. The molecule has 2 heterocycles. The second-order valence-electron chi connectivity index (χ2n) is 10.6. The van der Waals surface area contributed by atoms with Gasteiger partial charge in [0.2, 0.25) is 0 Å². The second-order valence-corrected chi connectivity index (χ2v) is 10.6. The van der Waals surface area contributed by atoms with Gasteiger partial charge in [0.25, 0.3) is 0 Å². The normalized spacial score (nSPS) is 51.0. The van der Waals surface area contributed by atoms with E-state index in [0.717, 1.165) is 44.9 Å². The van der Waals surface area contributed by atoms with E-state index in [1.165, 1.54) is 5.57 Å². The molecule has 2 saturated heterocycles. The fourth-order valence-electron chi connectivity index (χ4n) is 8.23. The summed E-state index contributed by atoms with van der Waals surface area (Å²) in [4.78, 5) is 0. The highest BCUT2D eigenvalue weighted by Crippen LogP contribution is 2.69. The van der Waals surface area contributed by atoms with Gasteiger partial charge in [0, 0.05) is 24.7 Å². The molecule has 0 bridgehead atoms. The Labute approximate surface area is 167 Å². The third-order valence-corrected chi connectivity index (χ3v) is 9.75. The Balaban J connectivity index is 1.35. The molecular formula is C23H34O5. The molecule has 6 rings (SSSR count). The van der Waals surface area contributed by atoms with Crippen LogP contribution >= 0.6 is 0 Å². The molecule has 156 valence electrons. The highest BCUT2D eigenvalue weighted by Gasteiger charge is 2.68. The van der Waals surface area contributed by atoms with Crippen LogP contribution in [0, 0.1) is 28.6 Å². The minimum Gasteiger partial charge on any atom is -0.389 e. The SMILES string of the molecule is C[C@]12CCC3(CC1=CC(O)C1C2CC[C@@]2(C)C1CCC21OCCO1)OCCO3. The van der Waals surface area contributed by atoms with Crippen molar-refractivity contribution in [2.45, 2.75) is 76.5 Å². The molecule has 0 aromatic rings. The number of hydrogen-bond donors (Lipinski definition) is 1. The fourth-order valence-corrected chi connectivity index (χ4v) is 8.23. The predicted molar refractivity (Wildman–Crippen MR) is 102 cm³/mol. The highest BCUT2D eigenvalue weighted by atomic mass is 16.7. The Morgan fingerprint density at radius 3 is 2.29 bits per heavy atom. The first kappa shape index (κ1) is 18.3. The van der Waals surface area contributed by atoms with Crippen LogP contribution in [-0.2, 0) is 18.9 Å². The monoisotopic (exact) mass is 390 g/mol. The number of hydrogen-bond acceptors (Lipinski definition) is 5. The zero-order valence-corrected chi connectivity index (χ0v) is 17.2. The summed E-state index contributed by atoms with van der Waals surface area (Å²) in [6.07, 6.45) is 9.03. The van der Waals surface area contributed by atoms with E-state index < -0.39 is 11.6 Å². The largest absolute Gasteiger partial charge is 0.389 e. The lowest BCUT2D eigenvalue weighted by molar-refractivity contribution is -0.248. The molecule has 5 fully saturated rings. The van der Waals surface area contributed by atoms with E-state index in [2.05, 4.69) is 19.9 Å². The number of rotatable bonds is 0. The van der Waals surface area contributed by atoms with Gasteiger partial charge >= 0.3 is 0 Å². The molecule has 6 aliphatic rings. The average Bonchev–Trinajstić information content (AvgIpc) is 3.39. The number of aliphatic hydroxyl groups is 1. The first-order chi connectivity index (χ1) is 13.4. The number of aliphatic hydroxyl groups excluding tert-OH is 1. The van der Waals surface area contributed by atoms with Crippen molar-refractivity contribution in [2.75, 3.05) is 26.4 Å². The Morgan fingerprint density at radius 1 is 0.857 bits per heavy atom. The van der Waals surface area contributed by atoms with Gasteiger partial charge in [-0.05, 0) is 48.9 Å². The van der Waals surface area contributed by atoms with Crippen molar-refractivity contribution in [3.05, 3.63) is 11.6 Å². The van der Waals surface area contributed by atoms with Gasteiger partial charge in [0.1, 0.15) is 0 Å². The van der Waals surface area contributed by atoms with Gasteiger partial charge in [-0.25, -0.2) is 0 Å². The summed E-state index contributed by atoms with van der Waals surface area (Å²) in [6.45, 7) is 7.63. The average molecular weight is 391 g/mol. The Hall–Kier alpha value is -0.460. The molecule has 28 heavy (non-hydrogen) atoms. The molecule has 6 atom stereocenters. The van der Waals surface area contributed by atoms with Crippen molar-refractivity contribution in [2.24, 2.45) is 28.6 Å². The van der Waals surface area contributed by atoms with E-state index in [-0.39, 0.29) is 16.9 Å². The molecule has 0 radical (unpaired) electrons. The number of fused-ring (bicyclic) bond motifs is 6. The lowest BCUT2D eigenvalue weighted by Crippen LogP contribution is -2.58. The zero-order valence-electron chi connectivity index (χ0n) is 17.2. The minimum atomic E-state index is -0.427. The van der Waals surface area contributed by atoms with Gasteiger partial charge in [-0.15, -0.1) is 0 Å². The van der Waals surface area contributed by atoms with Crippen LogP contribution in [-0.4, -0.2) is 49.2 Å². The van der Waals surface area contributed by atoms with Crippen molar-refractivity contribution >= 4 is 0 Å². The Bertz CT molecular complexity index is 691. The van der Waals surface area contributed by atoms with Crippen molar-refractivity contribution < 1.29 is 24.1 Å². The van der Waals surface area contributed by atoms with Crippen molar-refractivity contribution in [1.29, 1.82) is 0 Å². The van der Waals surface area contributed by atoms with E-state index in [9.17, 15) is 5.11 Å². The van der Waals surface area contributed by atoms with Gasteiger partial charge in [-0.2, -0.15) is 0 Å². The van der Waals surface area contributed by atoms with Crippen molar-refractivity contribution in [1.82, 2.24) is 0 Å². The molecule has 2 spiro atoms. The maximum atomic E-state index is 11.3. The summed E-state index contributed by atoms with van der Waals surface area (Å²) in [5.41, 5.74) is 1.54. The molecule has 5 nitrogen and oxygen atoms in total. The van der Waals surface area contributed by atoms with Crippen LogP contribution in [0.4, 0.5) is 0 Å². The zero-order chi connectivity index (χ0) is 19.2. The summed E-state index contributed by atoms with van der Waals surface area (Å²) in [6, 6.07) is 0. The molecule has 2 aliphatic heterocycles. The summed E-state index contributed by atoms with van der Waals surface area (Å²) in [5.74, 6) is 0.457. The van der Waals surface area contributed by atoms with Crippen LogP contribution in [0.3, 0.4) is 0 Å². The molecular weight excluding hydrogens is 356 g/mol. The lowest BCUT2D eigenvalue weighted by Gasteiger charge is -2.60. The van der Waals surface area contributed by atoms with Crippen molar-refractivity contribution in [3.63, 3.8) is 0 Å².